The lowest BCUT2D eigenvalue weighted by molar-refractivity contribution is 0.600. The molecule has 2 aromatic carbocycles. The van der Waals surface area contributed by atoms with Gasteiger partial charge in [0.2, 0.25) is 0 Å². The number of anilines is 1. The summed E-state index contributed by atoms with van der Waals surface area (Å²) in [6.45, 7) is 0. The Morgan fingerprint density at radius 2 is 1.85 bits per heavy atom. The lowest BCUT2D eigenvalue weighted by atomic mass is 9.87. The van der Waals surface area contributed by atoms with Gasteiger partial charge in [0.05, 0.1) is 6.04 Å². The SMILES string of the molecule is NC(=S)c1ccccc1NC1CCCc2ccccc21. The van der Waals surface area contributed by atoms with E-state index in [1.54, 1.807) is 0 Å². The van der Waals surface area contributed by atoms with E-state index in [4.69, 9.17) is 18.0 Å². The maximum atomic E-state index is 5.81. The summed E-state index contributed by atoms with van der Waals surface area (Å²) in [5, 5.41) is 3.62. The van der Waals surface area contributed by atoms with Crippen LogP contribution in [-0.4, -0.2) is 4.99 Å². The average Bonchev–Trinajstić information content (AvgIpc) is 2.48. The number of nitrogens with two attached hydrogens (primary N) is 1. The minimum absolute atomic E-state index is 0.343. The highest BCUT2D eigenvalue weighted by Gasteiger charge is 2.20. The molecular formula is C17H18N2S. The van der Waals surface area contributed by atoms with Gasteiger partial charge in [0.25, 0.3) is 0 Å². The van der Waals surface area contributed by atoms with Crippen molar-refractivity contribution in [2.24, 2.45) is 5.73 Å². The fraction of sp³-hybridized carbons (Fsp3) is 0.235. The zero-order chi connectivity index (χ0) is 13.9. The van der Waals surface area contributed by atoms with Gasteiger partial charge in [0.15, 0.2) is 0 Å². The molecule has 20 heavy (non-hydrogen) atoms. The third-order valence-electron chi connectivity index (χ3n) is 3.89. The van der Waals surface area contributed by atoms with Gasteiger partial charge in [-0.25, -0.2) is 0 Å². The maximum absolute atomic E-state index is 5.81. The number of benzene rings is 2. The van der Waals surface area contributed by atoms with E-state index < -0.39 is 0 Å². The second-order valence-corrected chi connectivity index (χ2v) is 5.64. The molecule has 0 amide bonds. The van der Waals surface area contributed by atoms with Crippen LogP contribution in [0.15, 0.2) is 48.5 Å². The van der Waals surface area contributed by atoms with Crippen molar-refractivity contribution < 1.29 is 0 Å². The number of hydrogen-bond donors (Lipinski definition) is 2. The highest BCUT2D eigenvalue weighted by Crippen LogP contribution is 2.33. The van der Waals surface area contributed by atoms with E-state index in [-0.39, 0.29) is 0 Å². The molecule has 102 valence electrons. The fourth-order valence-corrected chi connectivity index (χ4v) is 3.09. The normalized spacial score (nSPS) is 17.3. The summed E-state index contributed by atoms with van der Waals surface area (Å²) >= 11 is 5.13. The number of nitrogens with one attached hydrogen (secondary N) is 1. The molecule has 0 saturated heterocycles. The Bertz CT molecular complexity index is 636. The van der Waals surface area contributed by atoms with Crippen molar-refractivity contribution in [1.29, 1.82) is 0 Å². The summed E-state index contributed by atoms with van der Waals surface area (Å²) in [4.78, 5) is 0.442. The zero-order valence-corrected chi connectivity index (χ0v) is 12.1. The van der Waals surface area contributed by atoms with Gasteiger partial charge in [-0.1, -0.05) is 48.6 Å². The van der Waals surface area contributed by atoms with E-state index in [2.05, 4.69) is 29.6 Å². The molecule has 0 aromatic heterocycles. The molecular weight excluding hydrogens is 264 g/mol. The Hall–Kier alpha value is -1.87. The fourth-order valence-electron chi connectivity index (χ4n) is 2.92. The Morgan fingerprint density at radius 3 is 2.70 bits per heavy atom. The van der Waals surface area contributed by atoms with E-state index in [1.807, 2.05) is 24.3 Å². The predicted molar refractivity (Wildman–Crippen MR) is 88.1 cm³/mol. The minimum Gasteiger partial charge on any atom is -0.389 e. The van der Waals surface area contributed by atoms with Crippen molar-refractivity contribution in [2.45, 2.75) is 25.3 Å². The topological polar surface area (TPSA) is 38.0 Å². The maximum Gasteiger partial charge on any atom is 0.106 e. The molecule has 0 fully saturated rings. The number of aryl methyl sites for hydroxylation is 1. The van der Waals surface area contributed by atoms with Gasteiger partial charge in [-0.15, -0.1) is 0 Å². The molecule has 3 heteroatoms. The van der Waals surface area contributed by atoms with Crippen molar-refractivity contribution in [1.82, 2.24) is 0 Å². The summed E-state index contributed by atoms with van der Waals surface area (Å²) in [5.74, 6) is 0. The summed E-state index contributed by atoms with van der Waals surface area (Å²) in [6, 6.07) is 17.0. The Balaban J connectivity index is 1.92. The van der Waals surface area contributed by atoms with E-state index in [9.17, 15) is 0 Å². The van der Waals surface area contributed by atoms with Crippen LogP contribution in [0.4, 0.5) is 5.69 Å². The zero-order valence-electron chi connectivity index (χ0n) is 11.3. The molecule has 1 aliphatic rings. The molecule has 1 unspecified atom stereocenters. The Labute approximate surface area is 125 Å². The van der Waals surface area contributed by atoms with E-state index in [0.29, 0.717) is 11.0 Å². The summed E-state index contributed by atoms with van der Waals surface area (Å²) < 4.78 is 0. The predicted octanol–water partition coefficient (Wildman–Crippen LogP) is 3.81. The molecule has 0 aliphatic heterocycles. The summed E-state index contributed by atoms with van der Waals surface area (Å²) in [6.07, 6.45) is 3.53. The molecule has 0 spiro atoms. The smallest absolute Gasteiger partial charge is 0.106 e. The second-order valence-electron chi connectivity index (χ2n) is 5.20. The van der Waals surface area contributed by atoms with Crippen molar-refractivity contribution >= 4 is 22.9 Å². The number of hydrogen-bond acceptors (Lipinski definition) is 2. The number of rotatable bonds is 3. The van der Waals surface area contributed by atoms with Gasteiger partial charge >= 0.3 is 0 Å². The second kappa shape index (κ2) is 5.63. The van der Waals surface area contributed by atoms with Crippen LogP contribution in [-0.2, 0) is 6.42 Å². The van der Waals surface area contributed by atoms with Crippen molar-refractivity contribution in [3.05, 3.63) is 65.2 Å². The molecule has 2 aromatic rings. The first-order valence-corrected chi connectivity index (χ1v) is 7.39. The Kier molecular flexibility index (Phi) is 3.70. The van der Waals surface area contributed by atoms with Crippen LogP contribution >= 0.6 is 12.2 Å². The third-order valence-corrected chi connectivity index (χ3v) is 4.11. The average molecular weight is 282 g/mol. The number of fused-ring (bicyclic) bond motifs is 1. The van der Waals surface area contributed by atoms with Gasteiger partial charge in [-0.05, 0) is 42.5 Å². The van der Waals surface area contributed by atoms with E-state index >= 15 is 0 Å². The largest absolute Gasteiger partial charge is 0.389 e. The molecule has 2 nitrogen and oxygen atoms in total. The van der Waals surface area contributed by atoms with Crippen LogP contribution in [0, 0.1) is 0 Å². The monoisotopic (exact) mass is 282 g/mol. The van der Waals surface area contributed by atoms with Crippen LogP contribution in [0.1, 0.15) is 35.6 Å². The van der Waals surface area contributed by atoms with E-state index in [0.717, 1.165) is 17.7 Å². The van der Waals surface area contributed by atoms with Crippen LogP contribution in [0.25, 0.3) is 0 Å². The molecule has 0 heterocycles. The first kappa shape index (κ1) is 13.1. The van der Waals surface area contributed by atoms with Crippen LogP contribution < -0.4 is 11.1 Å². The first-order chi connectivity index (χ1) is 9.75. The van der Waals surface area contributed by atoms with Gasteiger partial charge in [-0.2, -0.15) is 0 Å². The molecule has 3 N–H and O–H groups in total. The molecule has 1 aliphatic carbocycles. The van der Waals surface area contributed by atoms with Crippen LogP contribution in [0.3, 0.4) is 0 Å². The number of thiocarbonyl (C=S) groups is 1. The quantitative estimate of drug-likeness (QED) is 0.841. The molecule has 0 radical (unpaired) electrons. The third kappa shape index (κ3) is 2.54. The van der Waals surface area contributed by atoms with Gasteiger partial charge < -0.3 is 11.1 Å². The number of para-hydroxylation sites is 1. The Morgan fingerprint density at radius 1 is 1.10 bits per heavy atom. The molecule has 0 bridgehead atoms. The molecule has 1 atom stereocenters. The standard InChI is InChI=1S/C17H18N2S/c18-17(20)14-9-3-4-10-16(14)19-15-11-5-7-12-6-1-2-8-13(12)15/h1-4,6,8-10,15,19H,5,7,11H2,(H2,18,20). The van der Waals surface area contributed by atoms with Crippen molar-refractivity contribution in [2.75, 3.05) is 5.32 Å². The van der Waals surface area contributed by atoms with E-state index in [1.165, 1.54) is 24.0 Å². The molecule has 3 rings (SSSR count). The highest BCUT2D eigenvalue weighted by molar-refractivity contribution is 7.80. The summed E-state index contributed by atoms with van der Waals surface area (Å²) in [7, 11) is 0. The van der Waals surface area contributed by atoms with Gasteiger partial charge in [0.1, 0.15) is 4.99 Å². The first-order valence-electron chi connectivity index (χ1n) is 6.99. The van der Waals surface area contributed by atoms with Crippen molar-refractivity contribution in [3.63, 3.8) is 0 Å². The highest BCUT2D eigenvalue weighted by atomic mass is 32.1. The lowest BCUT2D eigenvalue weighted by Gasteiger charge is -2.28. The minimum atomic E-state index is 0.343. The lowest BCUT2D eigenvalue weighted by Crippen LogP contribution is -2.20. The van der Waals surface area contributed by atoms with Crippen LogP contribution in [0.2, 0.25) is 0 Å². The van der Waals surface area contributed by atoms with Gasteiger partial charge in [0, 0.05) is 11.3 Å². The van der Waals surface area contributed by atoms with Crippen LogP contribution in [0.5, 0.6) is 0 Å². The van der Waals surface area contributed by atoms with Crippen molar-refractivity contribution in [3.8, 4) is 0 Å². The summed E-state index contributed by atoms with van der Waals surface area (Å²) in [5.41, 5.74) is 10.6. The van der Waals surface area contributed by atoms with Gasteiger partial charge in [-0.3, -0.25) is 0 Å². The molecule has 0 saturated carbocycles.